The second-order valence-electron chi connectivity index (χ2n) is 5.38. The Morgan fingerprint density at radius 2 is 1.88 bits per heavy atom. The first-order valence-electron chi connectivity index (χ1n) is 8.35. The molecule has 1 aromatic rings. The monoisotopic (exact) mass is 421 g/mol. The van der Waals surface area contributed by atoms with E-state index in [1.165, 1.54) is 21.5 Å². The first-order valence-corrected chi connectivity index (χ1v) is 9.96. The topological polar surface area (TPSA) is 56.8 Å². The van der Waals surface area contributed by atoms with Crippen LogP contribution in [0.5, 0.6) is 0 Å². The smallest absolute Gasteiger partial charge is 0.292 e. The van der Waals surface area contributed by atoms with Crippen molar-refractivity contribution < 1.29 is 19.0 Å². The van der Waals surface area contributed by atoms with Gasteiger partial charge in [0, 0.05) is 29.4 Å². The fourth-order valence-electron chi connectivity index (χ4n) is 2.80. The second-order valence-corrected chi connectivity index (χ2v) is 8.01. The molecule has 1 saturated carbocycles. The van der Waals surface area contributed by atoms with Crippen molar-refractivity contribution in [3.8, 4) is 0 Å². The molecule has 1 aliphatic heterocycles. The summed E-state index contributed by atoms with van der Waals surface area (Å²) in [4.78, 5) is 10.3. The Kier molecular flexibility index (Phi) is 9.88. The van der Waals surface area contributed by atoms with Gasteiger partial charge >= 0.3 is 0 Å². The van der Waals surface area contributed by atoms with Crippen LogP contribution < -0.4 is 5.32 Å². The Morgan fingerprint density at radius 1 is 1.33 bits per heavy atom. The lowest BCUT2D eigenvalue weighted by molar-refractivity contribution is -0.177. The number of hydrogen-bond acceptors (Lipinski definition) is 6. The number of carbonyl (C=O) groups excluding carboxylic acids is 1. The van der Waals surface area contributed by atoms with Crippen molar-refractivity contribution in [2.24, 2.45) is 0 Å². The summed E-state index contributed by atoms with van der Waals surface area (Å²) in [5.74, 6) is -0.248. The van der Waals surface area contributed by atoms with E-state index in [9.17, 15) is 0 Å². The van der Waals surface area contributed by atoms with Gasteiger partial charge in [0.15, 0.2) is 5.79 Å². The lowest BCUT2D eigenvalue weighted by atomic mass is 9.90. The molecule has 7 heteroatoms. The molecule has 0 unspecified atom stereocenters. The number of halogens is 1. The molecule has 0 amide bonds. The van der Waals surface area contributed by atoms with Gasteiger partial charge in [0.2, 0.25) is 0 Å². The fraction of sp³-hybridized carbons (Fsp3) is 0.706. The zero-order chi connectivity index (χ0) is 18.0. The van der Waals surface area contributed by atoms with Crippen LogP contribution in [0.2, 0.25) is 0 Å². The van der Waals surface area contributed by atoms with Gasteiger partial charge in [0.1, 0.15) is 0 Å². The SMILES string of the molecule is CC.COC=O.Cc1sc(Br)cc1NC1CCC2(CC1)OCCO2. The van der Waals surface area contributed by atoms with E-state index in [-0.39, 0.29) is 5.79 Å². The third-order valence-electron chi connectivity index (χ3n) is 3.90. The van der Waals surface area contributed by atoms with Crippen LogP contribution in [0.3, 0.4) is 0 Å². The van der Waals surface area contributed by atoms with Gasteiger partial charge in [-0.05, 0) is 41.8 Å². The molecule has 1 saturated heterocycles. The zero-order valence-corrected chi connectivity index (χ0v) is 17.3. The summed E-state index contributed by atoms with van der Waals surface area (Å²) in [6, 6.07) is 2.72. The van der Waals surface area contributed by atoms with E-state index in [1.54, 1.807) is 11.3 Å². The van der Waals surface area contributed by atoms with E-state index in [4.69, 9.17) is 14.3 Å². The minimum atomic E-state index is -0.248. The number of ether oxygens (including phenoxy) is 3. The Bertz CT molecular complexity index is 479. The first-order chi connectivity index (χ1) is 11.6. The summed E-state index contributed by atoms with van der Waals surface area (Å²) in [7, 11) is 1.31. The highest BCUT2D eigenvalue weighted by molar-refractivity contribution is 9.11. The summed E-state index contributed by atoms with van der Waals surface area (Å²) >= 11 is 5.32. The van der Waals surface area contributed by atoms with Gasteiger partial charge in [-0.25, -0.2) is 0 Å². The molecule has 0 aromatic carbocycles. The molecule has 2 fully saturated rings. The highest BCUT2D eigenvalue weighted by Gasteiger charge is 2.40. The van der Waals surface area contributed by atoms with Gasteiger partial charge < -0.3 is 19.5 Å². The predicted molar refractivity (Wildman–Crippen MR) is 102 cm³/mol. The number of hydrogen-bond donors (Lipinski definition) is 1. The first kappa shape index (κ1) is 21.4. The van der Waals surface area contributed by atoms with Crippen LogP contribution in [-0.4, -0.2) is 38.6 Å². The Morgan fingerprint density at radius 3 is 2.29 bits per heavy atom. The molecular weight excluding hydrogens is 394 g/mol. The second kappa shape index (κ2) is 11.1. The lowest BCUT2D eigenvalue weighted by Gasteiger charge is -2.35. The maximum atomic E-state index is 8.95. The van der Waals surface area contributed by atoms with Gasteiger partial charge in [0.05, 0.1) is 24.1 Å². The minimum Gasteiger partial charge on any atom is -0.471 e. The fourth-order valence-corrected chi connectivity index (χ4v) is 4.45. The quantitative estimate of drug-likeness (QED) is 0.714. The van der Waals surface area contributed by atoms with Crippen LogP contribution in [0.4, 0.5) is 5.69 Å². The molecule has 2 aliphatic rings. The minimum absolute atomic E-state index is 0.248. The average molecular weight is 422 g/mol. The largest absolute Gasteiger partial charge is 0.471 e. The van der Waals surface area contributed by atoms with Crippen LogP contribution in [0.1, 0.15) is 44.4 Å². The molecule has 1 aromatic heterocycles. The molecule has 1 N–H and O–H groups in total. The highest BCUT2D eigenvalue weighted by atomic mass is 79.9. The van der Waals surface area contributed by atoms with Crippen molar-refractivity contribution in [1.29, 1.82) is 0 Å². The molecular formula is C17H28BrNO4S. The number of methoxy groups -OCH3 is 1. The summed E-state index contributed by atoms with van der Waals surface area (Å²) in [5.41, 5.74) is 1.26. The van der Waals surface area contributed by atoms with Crippen LogP contribution in [0.25, 0.3) is 0 Å². The number of carbonyl (C=O) groups is 1. The average Bonchev–Trinajstić information content (AvgIpc) is 3.19. The molecule has 0 atom stereocenters. The highest BCUT2D eigenvalue weighted by Crippen LogP contribution is 2.38. The summed E-state index contributed by atoms with van der Waals surface area (Å²) in [6.45, 7) is 8.05. The lowest BCUT2D eigenvalue weighted by Crippen LogP contribution is -2.39. The normalized spacial score (nSPS) is 18.9. The van der Waals surface area contributed by atoms with E-state index in [0.717, 1.165) is 38.9 Å². The standard InChI is InChI=1S/C13H18BrNO2S.C2H4O2.C2H6/c1-9-11(8-12(14)18-9)15-10-2-4-13(5-3-10)16-6-7-17-13;1-4-2-3;1-2/h8,10,15H,2-7H2,1H3;2H,1H3;1-2H3. The van der Waals surface area contributed by atoms with Crippen LogP contribution in [0, 0.1) is 6.92 Å². The van der Waals surface area contributed by atoms with E-state index in [2.05, 4.69) is 39.0 Å². The van der Waals surface area contributed by atoms with Crippen molar-refractivity contribution >= 4 is 39.4 Å². The predicted octanol–water partition coefficient (Wildman–Crippen LogP) is 4.73. The molecule has 5 nitrogen and oxygen atoms in total. The van der Waals surface area contributed by atoms with Crippen molar-refractivity contribution in [2.45, 2.75) is 58.3 Å². The van der Waals surface area contributed by atoms with Gasteiger partial charge in [-0.3, -0.25) is 4.79 Å². The molecule has 0 bridgehead atoms. The van der Waals surface area contributed by atoms with E-state index in [0.29, 0.717) is 12.5 Å². The Hall–Kier alpha value is -0.630. The third-order valence-corrected chi connectivity index (χ3v) is 5.46. The van der Waals surface area contributed by atoms with Gasteiger partial charge in [0.25, 0.3) is 6.47 Å². The summed E-state index contributed by atoms with van der Waals surface area (Å²) in [6.07, 6.45) is 4.25. The molecule has 0 radical (unpaired) electrons. The van der Waals surface area contributed by atoms with Crippen LogP contribution >= 0.6 is 27.3 Å². The van der Waals surface area contributed by atoms with Crippen molar-refractivity contribution in [2.75, 3.05) is 25.6 Å². The number of anilines is 1. The van der Waals surface area contributed by atoms with Crippen LogP contribution in [0.15, 0.2) is 9.85 Å². The van der Waals surface area contributed by atoms with E-state index >= 15 is 0 Å². The maximum absolute atomic E-state index is 8.95. The summed E-state index contributed by atoms with van der Waals surface area (Å²) < 4.78 is 16.6. The van der Waals surface area contributed by atoms with Crippen LogP contribution in [-0.2, 0) is 19.0 Å². The van der Waals surface area contributed by atoms with Gasteiger partial charge in [-0.2, -0.15) is 0 Å². The number of nitrogens with one attached hydrogen (secondary N) is 1. The maximum Gasteiger partial charge on any atom is 0.292 e. The molecule has 138 valence electrons. The Labute approximate surface area is 157 Å². The van der Waals surface area contributed by atoms with Gasteiger partial charge in [-0.15, -0.1) is 11.3 Å². The molecule has 2 heterocycles. The third kappa shape index (κ3) is 6.35. The number of aryl methyl sites for hydroxylation is 1. The molecule has 24 heavy (non-hydrogen) atoms. The number of thiophene rings is 1. The van der Waals surface area contributed by atoms with Crippen molar-refractivity contribution in [3.63, 3.8) is 0 Å². The van der Waals surface area contributed by atoms with Crippen molar-refractivity contribution in [1.82, 2.24) is 0 Å². The van der Waals surface area contributed by atoms with E-state index < -0.39 is 0 Å². The molecule has 3 rings (SSSR count). The molecule has 1 aliphatic carbocycles. The van der Waals surface area contributed by atoms with Crippen molar-refractivity contribution in [3.05, 3.63) is 14.7 Å². The van der Waals surface area contributed by atoms with E-state index in [1.807, 2.05) is 13.8 Å². The van der Waals surface area contributed by atoms with Gasteiger partial charge in [-0.1, -0.05) is 13.8 Å². The molecule has 1 spiro atoms. The summed E-state index contributed by atoms with van der Waals surface area (Å²) in [5, 5.41) is 3.65. The zero-order valence-electron chi connectivity index (χ0n) is 14.9. The Balaban J connectivity index is 0.000000423. The number of rotatable bonds is 3.